The number of hydrogen-bond acceptors (Lipinski definition) is 1. The number of aldehydes is 1. The van der Waals surface area contributed by atoms with Crippen molar-refractivity contribution in [3.63, 3.8) is 0 Å². The number of unbranched alkanes of at least 4 members (excludes halogenated alkanes) is 2. The second kappa shape index (κ2) is 7.77. The Morgan fingerprint density at radius 2 is 1.85 bits per heavy atom. The van der Waals surface area contributed by atoms with Gasteiger partial charge in [-0.3, -0.25) is 0 Å². The molecule has 0 unspecified atom stereocenters. The molecule has 0 saturated carbocycles. The third-order valence-corrected chi connectivity index (χ3v) is 10.5. The topological polar surface area (TPSA) is 17.1 Å². The number of benzene rings is 1. The van der Waals surface area contributed by atoms with Crippen molar-refractivity contribution in [3.05, 3.63) is 30.3 Å². The fourth-order valence-corrected chi connectivity index (χ4v) is 9.15. The monoisotopic (exact) mass is 288 g/mol. The average molecular weight is 289 g/mol. The molecule has 1 saturated heterocycles. The Morgan fingerprint density at radius 3 is 2.45 bits per heavy atom. The van der Waals surface area contributed by atoms with Crippen molar-refractivity contribution in [2.45, 2.75) is 63.6 Å². The van der Waals surface area contributed by atoms with Gasteiger partial charge in [-0.15, -0.1) is 0 Å². The van der Waals surface area contributed by atoms with Crippen molar-refractivity contribution in [2.75, 3.05) is 0 Å². The third-order valence-electron chi connectivity index (χ3n) is 5.14. The normalized spacial score (nSPS) is 26.4. The largest absolute Gasteiger partial charge is 0.303 e. The van der Waals surface area contributed by atoms with Crippen molar-refractivity contribution >= 4 is 19.5 Å². The van der Waals surface area contributed by atoms with Gasteiger partial charge in [0.2, 0.25) is 0 Å². The lowest BCUT2D eigenvalue weighted by Gasteiger charge is -2.39. The van der Waals surface area contributed by atoms with Crippen molar-refractivity contribution in [1.82, 2.24) is 0 Å². The summed E-state index contributed by atoms with van der Waals surface area (Å²) < 4.78 is 0. The first-order valence-electron chi connectivity index (χ1n) is 8.30. The van der Waals surface area contributed by atoms with Crippen LogP contribution in [0.1, 0.15) is 45.4 Å². The van der Waals surface area contributed by atoms with E-state index in [2.05, 4.69) is 37.3 Å². The maximum atomic E-state index is 10.7. The molecular formula is C18H28OSi. The summed E-state index contributed by atoms with van der Waals surface area (Å²) in [6.45, 7) is 2.29. The Hall–Kier alpha value is -0.893. The van der Waals surface area contributed by atoms with Crippen molar-refractivity contribution in [3.8, 4) is 0 Å². The lowest BCUT2D eigenvalue weighted by molar-refractivity contribution is -0.108. The van der Waals surface area contributed by atoms with Crippen molar-refractivity contribution in [1.29, 1.82) is 0 Å². The summed E-state index contributed by atoms with van der Waals surface area (Å²) in [6, 6.07) is 15.6. The Morgan fingerprint density at radius 1 is 1.15 bits per heavy atom. The molecule has 1 aromatic rings. The van der Waals surface area contributed by atoms with Crippen LogP contribution in [0.3, 0.4) is 0 Å². The molecule has 1 nitrogen and oxygen atoms in total. The van der Waals surface area contributed by atoms with Gasteiger partial charge in [-0.25, -0.2) is 0 Å². The van der Waals surface area contributed by atoms with E-state index in [0.717, 1.165) is 12.7 Å². The van der Waals surface area contributed by atoms with Crippen LogP contribution in [0, 0.1) is 5.92 Å². The number of carbonyl (C=O) groups excluding carboxylic acids is 1. The summed E-state index contributed by atoms with van der Waals surface area (Å²) in [7, 11) is -1.28. The summed E-state index contributed by atoms with van der Waals surface area (Å²) >= 11 is 0. The fourth-order valence-electron chi connectivity index (χ4n) is 3.79. The molecule has 110 valence electrons. The first-order valence-corrected chi connectivity index (χ1v) is 10.9. The summed E-state index contributed by atoms with van der Waals surface area (Å²) in [4.78, 5) is 10.7. The van der Waals surface area contributed by atoms with Gasteiger partial charge in [0.1, 0.15) is 6.29 Å². The highest BCUT2D eigenvalue weighted by molar-refractivity contribution is 6.92. The third kappa shape index (κ3) is 3.82. The van der Waals surface area contributed by atoms with Crippen molar-refractivity contribution < 1.29 is 4.79 Å². The van der Waals surface area contributed by atoms with Crippen LogP contribution < -0.4 is 5.19 Å². The highest BCUT2D eigenvalue weighted by Gasteiger charge is 2.38. The zero-order chi connectivity index (χ0) is 14.3. The molecular weight excluding hydrogens is 260 g/mol. The molecule has 2 heteroatoms. The minimum atomic E-state index is -1.28. The first kappa shape index (κ1) is 15.5. The van der Waals surface area contributed by atoms with E-state index in [1.165, 1.54) is 50.2 Å². The molecule has 20 heavy (non-hydrogen) atoms. The van der Waals surface area contributed by atoms with E-state index in [-0.39, 0.29) is 0 Å². The number of hydrogen-bond donors (Lipinski definition) is 0. The average Bonchev–Trinajstić information content (AvgIpc) is 2.51. The van der Waals surface area contributed by atoms with E-state index in [1.54, 1.807) is 5.19 Å². The molecule has 2 rings (SSSR count). The van der Waals surface area contributed by atoms with Crippen LogP contribution in [0.25, 0.3) is 0 Å². The van der Waals surface area contributed by atoms with E-state index < -0.39 is 8.07 Å². The van der Waals surface area contributed by atoms with E-state index >= 15 is 0 Å². The van der Waals surface area contributed by atoms with Gasteiger partial charge in [0, 0.05) is 6.42 Å². The predicted octanol–water partition coefficient (Wildman–Crippen LogP) is 4.53. The van der Waals surface area contributed by atoms with Crippen LogP contribution >= 0.6 is 0 Å². The standard InChI is InChI=1S/C18H28OSi/c1-2-3-7-14-20(18-8-5-4-6-9-18)15-11-17(10-13-19)12-16-20/h4-6,8-9,13,17H,2-3,7,10-12,14-16H2,1H3. The second-order valence-electron chi connectivity index (χ2n) is 6.45. The maximum Gasteiger partial charge on any atom is 0.120 e. The Balaban J connectivity index is 2.08. The van der Waals surface area contributed by atoms with Gasteiger partial charge in [-0.05, 0) is 5.92 Å². The summed E-state index contributed by atoms with van der Waals surface area (Å²) in [5.74, 6) is 0.669. The SMILES string of the molecule is CCCCC[Si]1(c2ccccc2)CCC(CC=O)CC1. The lowest BCUT2D eigenvalue weighted by atomic mass is 10.00. The predicted molar refractivity (Wildman–Crippen MR) is 89.2 cm³/mol. The molecule has 0 radical (unpaired) electrons. The molecule has 0 atom stereocenters. The molecule has 1 fully saturated rings. The minimum absolute atomic E-state index is 0.669. The Labute approximate surface area is 124 Å². The maximum absolute atomic E-state index is 10.7. The smallest absolute Gasteiger partial charge is 0.120 e. The van der Waals surface area contributed by atoms with E-state index in [1.807, 2.05) is 0 Å². The molecule has 0 spiro atoms. The molecule has 0 bridgehead atoms. The molecule has 0 aliphatic carbocycles. The summed E-state index contributed by atoms with van der Waals surface area (Å²) in [6.07, 6.45) is 8.56. The van der Waals surface area contributed by atoms with Crippen LogP contribution in [-0.2, 0) is 4.79 Å². The fraction of sp³-hybridized carbons (Fsp3) is 0.611. The van der Waals surface area contributed by atoms with Gasteiger partial charge in [-0.2, -0.15) is 0 Å². The minimum Gasteiger partial charge on any atom is -0.303 e. The van der Waals surface area contributed by atoms with E-state index in [4.69, 9.17) is 0 Å². The Kier molecular flexibility index (Phi) is 6.02. The molecule has 0 amide bonds. The van der Waals surface area contributed by atoms with Gasteiger partial charge in [0.15, 0.2) is 0 Å². The molecule has 1 heterocycles. The van der Waals surface area contributed by atoms with Crippen molar-refractivity contribution in [2.24, 2.45) is 5.92 Å². The zero-order valence-corrected chi connectivity index (χ0v) is 13.8. The summed E-state index contributed by atoms with van der Waals surface area (Å²) in [5.41, 5.74) is 0. The van der Waals surface area contributed by atoms with Crippen LogP contribution in [0.4, 0.5) is 0 Å². The van der Waals surface area contributed by atoms with E-state index in [0.29, 0.717) is 5.92 Å². The highest BCUT2D eigenvalue weighted by Crippen LogP contribution is 2.37. The van der Waals surface area contributed by atoms with Crippen LogP contribution in [0.2, 0.25) is 18.1 Å². The van der Waals surface area contributed by atoms with Gasteiger partial charge in [-0.1, -0.05) is 92.7 Å². The molecule has 1 aliphatic heterocycles. The summed E-state index contributed by atoms with van der Waals surface area (Å²) in [5, 5.41) is 1.67. The van der Waals surface area contributed by atoms with Gasteiger partial charge in [0.25, 0.3) is 0 Å². The van der Waals surface area contributed by atoms with Gasteiger partial charge in [0.05, 0.1) is 8.07 Å². The number of carbonyl (C=O) groups is 1. The van der Waals surface area contributed by atoms with Gasteiger partial charge < -0.3 is 4.79 Å². The quantitative estimate of drug-likeness (QED) is 0.409. The molecule has 0 aromatic heterocycles. The molecule has 1 aromatic carbocycles. The van der Waals surface area contributed by atoms with E-state index in [9.17, 15) is 4.79 Å². The van der Waals surface area contributed by atoms with Crippen LogP contribution in [0.5, 0.6) is 0 Å². The van der Waals surface area contributed by atoms with Gasteiger partial charge >= 0.3 is 0 Å². The van der Waals surface area contributed by atoms with Crippen LogP contribution in [0.15, 0.2) is 30.3 Å². The first-order chi connectivity index (χ1) is 9.80. The molecule has 1 aliphatic rings. The molecule has 0 N–H and O–H groups in total. The van der Waals surface area contributed by atoms with Crippen LogP contribution in [-0.4, -0.2) is 14.4 Å². The number of rotatable bonds is 7. The Bertz CT molecular complexity index is 393. The highest BCUT2D eigenvalue weighted by atomic mass is 28.3. The zero-order valence-electron chi connectivity index (χ0n) is 12.8. The second-order valence-corrected chi connectivity index (χ2v) is 11.1. The lowest BCUT2D eigenvalue weighted by Crippen LogP contribution is -2.50.